The van der Waals surface area contributed by atoms with Gasteiger partial charge < -0.3 is 8.98 Å². The minimum atomic E-state index is 0.622. The van der Waals surface area contributed by atoms with Crippen LogP contribution in [-0.2, 0) is 0 Å². The first-order valence-corrected chi connectivity index (χ1v) is 20.7. The van der Waals surface area contributed by atoms with Gasteiger partial charge in [0.25, 0.3) is 0 Å². The summed E-state index contributed by atoms with van der Waals surface area (Å²) in [6, 6.07) is 69.4. The van der Waals surface area contributed by atoms with Gasteiger partial charge in [-0.25, -0.2) is 9.97 Å². The molecule has 282 valence electrons. The lowest BCUT2D eigenvalue weighted by atomic mass is 9.94. The Balaban J connectivity index is 1.13. The molecule has 4 heterocycles. The molecular formula is C56H32N4O. The van der Waals surface area contributed by atoms with Gasteiger partial charge in [-0.3, -0.25) is 4.57 Å². The molecule has 0 amide bonds. The van der Waals surface area contributed by atoms with Crippen LogP contribution < -0.4 is 0 Å². The third-order valence-electron chi connectivity index (χ3n) is 12.9. The molecule has 0 N–H and O–H groups in total. The Morgan fingerprint density at radius 2 is 0.967 bits per heavy atom. The molecular weight excluding hydrogens is 745 g/mol. The third kappa shape index (κ3) is 4.49. The maximum Gasteiger partial charge on any atom is 0.235 e. The summed E-state index contributed by atoms with van der Waals surface area (Å²) in [6.07, 6.45) is 0. The van der Waals surface area contributed by atoms with Crippen LogP contribution >= 0.6 is 0 Å². The quantitative estimate of drug-likeness (QED) is 0.168. The number of benzene rings is 10. The molecule has 5 heteroatoms. The minimum Gasteiger partial charge on any atom is -0.455 e. The maximum atomic E-state index is 6.61. The molecule has 4 aromatic heterocycles. The lowest BCUT2D eigenvalue weighted by molar-refractivity contribution is 0.672. The van der Waals surface area contributed by atoms with Crippen LogP contribution in [0, 0.1) is 0 Å². The van der Waals surface area contributed by atoms with E-state index in [1.54, 1.807) is 0 Å². The normalized spacial score (nSPS) is 12.3. The Morgan fingerprint density at radius 1 is 0.361 bits per heavy atom. The number of fused-ring (bicyclic) bond motifs is 17. The summed E-state index contributed by atoms with van der Waals surface area (Å²) in [4.78, 5) is 11.4. The highest BCUT2D eigenvalue weighted by molar-refractivity contribution is 6.27. The van der Waals surface area contributed by atoms with Crippen LogP contribution in [0.4, 0.5) is 0 Å². The average Bonchev–Trinajstić information content (AvgIpc) is 3.98. The van der Waals surface area contributed by atoms with E-state index in [2.05, 4.69) is 191 Å². The second-order valence-electron chi connectivity index (χ2n) is 16.1. The van der Waals surface area contributed by atoms with E-state index in [0.29, 0.717) is 5.95 Å². The van der Waals surface area contributed by atoms with Gasteiger partial charge in [-0.1, -0.05) is 133 Å². The van der Waals surface area contributed by atoms with E-state index in [1.807, 2.05) is 12.1 Å². The van der Waals surface area contributed by atoms with Crippen molar-refractivity contribution in [1.29, 1.82) is 0 Å². The molecule has 0 spiro atoms. The number of rotatable bonds is 3. The number of hydrogen-bond donors (Lipinski definition) is 0. The summed E-state index contributed by atoms with van der Waals surface area (Å²) in [5.41, 5.74) is 10.1. The van der Waals surface area contributed by atoms with Crippen molar-refractivity contribution in [1.82, 2.24) is 19.1 Å². The van der Waals surface area contributed by atoms with Crippen LogP contribution in [0.25, 0.3) is 132 Å². The molecule has 14 rings (SSSR count). The molecule has 5 nitrogen and oxygen atoms in total. The summed E-state index contributed by atoms with van der Waals surface area (Å²) < 4.78 is 11.2. The van der Waals surface area contributed by atoms with Gasteiger partial charge in [0.15, 0.2) is 0 Å². The van der Waals surface area contributed by atoms with Gasteiger partial charge in [-0.2, -0.15) is 0 Å². The second kappa shape index (κ2) is 12.1. The predicted octanol–water partition coefficient (Wildman–Crippen LogP) is 14.8. The van der Waals surface area contributed by atoms with Crippen molar-refractivity contribution in [3.8, 4) is 22.9 Å². The van der Waals surface area contributed by atoms with Crippen LogP contribution in [0.2, 0.25) is 0 Å². The molecule has 0 unspecified atom stereocenters. The van der Waals surface area contributed by atoms with E-state index in [-0.39, 0.29) is 0 Å². The predicted molar refractivity (Wildman–Crippen MR) is 253 cm³/mol. The first-order valence-electron chi connectivity index (χ1n) is 20.7. The van der Waals surface area contributed by atoms with E-state index in [0.717, 1.165) is 98.7 Å². The first kappa shape index (κ1) is 32.7. The average molecular weight is 777 g/mol. The Labute approximate surface area is 347 Å². The first-order chi connectivity index (χ1) is 30.3. The van der Waals surface area contributed by atoms with E-state index in [4.69, 9.17) is 14.4 Å². The Hall–Kier alpha value is -8.28. The molecule has 61 heavy (non-hydrogen) atoms. The zero-order valence-electron chi connectivity index (χ0n) is 32.7. The molecule has 0 aliphatic heterocycles. The standard InChI is InChI=1S/C56H32N4O/c1-2-14-35(15-3-1)59-47-23-11-8-18-38(47)45-31-34(27-29-49(45)59)53-52-41-21-6-4-16-36(41)37-17-5-7-22-42(37)54(52)58-56(57-53)60-48-24-12-9-19-39(48)46-30-33-26-28-43-40-20-10-13-25-51(40)61-55(43)44(33)32-50(46)60/h1-32H. The lowest BCUT2D eigenvalue weighted by Crippen LogP contribution is -2.04. The number of hydrogen-bond acceptors (Lipinski definition) is 3. The molecule has 0 saturated heterocycles. The molecule has 0 fully saturated rings. The molecule has 10 aromatic carbocycles. The molecule has 0 saturated carbocycles. The Kier molecular flexibility index (Phi) is 6.49. The van der Waals surface area contributed by atoms with Crippen molar-refractivity contribution in [3.05, 3.63) is 194 Å². The van der Waals surface area contributed by atoms with Gasteiger partial charge in [-0.15, -0.1) is 0 Å². The number of nitrogens with zero attached hydrogens (tertiary/aromatic N) is 4. The van der Waals surface area contributed by atoms with Crippen LogP contribution in [0.3, 0.4) is 0 Å². The zero-order valence-corrected chi connectivity index (χ0v) is 32.7. The van der Waals surface area contributed by atoms with Crippen molar-refractivity contribution in [2.24, 2.45) is 0 Å². The largest absolute Gasteiger partial charge is 0.455 e. The summed E-state index contributed by atoms with van der Waals surface area (Å²) in [5, 5.41) is 14.7. The van der Waals surface area contributed by atoms with Crippen LogP contribution in [0.5, 0.6) is 0 Å². The highest BCUT2D eigenvalue weighted by Crippen LogP contribution is 2.44. The number of aromatic nitrogens is 4. The minimum absolute atomic E-state index is 0.622. The Bertz CT molecular complexity index is 4170. The van der Waals surface area contributed by atoms with Crippen LogP contribution in [0.15, 0.2) is 199 Å². The topological polar surface area (TPSA) is 48.8 Å². The van der Waals surface area contributed by atoms with Gasteiger partial charge in [0.05, 0.1) is 33.3 Å². The van der Waals surface area contributed by atoms with Crippen molar-refractivity contribution in [2.45, 2.75) is 0 Å². The third-order valence-corrected chi connectivity index (χ3v) is 12.9. The van der Waals surface area contributed by atoms with E-state index in [9.17, 15) is 0 Å². The highest BCUT2D eigenvalue weighted by atomic mass is 16.3. The van der Waals surface area contributed by atoms with Crippen LogP contribution in [0.1, 0.15) is 0 Å². The molecule has 0 aliphatic rings. The molecule has 0 bridgehead atoms. The van der Waals surface area contributed by atoms with Crippen molar-refractivity contribution in [3.63, 3.8) is 0 Å². The van der Waals surface area contributed by atoms with Crippen molar-refractivity contribution in [2.75, 3.05) is 0 Å². The monoisotopic (exact) mass is 776 g/mol. The van der Waals surface area contributed by atoms with Gasteiger partial charge in [0, 0.05) is 59.7 Å². The van der Waals surface area contributed by atoms with Crippen molar-refractivity contribution < 1.29 is 4.42 Å². The SMILES string of the molecule is c1ccc(-n2c3ccccc3c3cc(-c4nc(-n5c6ccccc6c6cc7ccc8c9ccccc9oc8c7cc65)nc5c6ccccc6c6ccccc6c45)ccc32)cc1. The summed E-state index contributed by atoms with van der Waals surface area (Å²) in [6.45, 7) is 0. The smallest absolute Gasteiger partial charge is 0.235 e. The van der Waals surface area contributed by atoms with Gasteiger partial charge >= 0.3 is 0 Å². The maximum absolute atomic E-state index is 6.61. The zero-order chi connectivity index (χ0) is 39.8. The van der Waals surface area contributed by atoms with Crippen LogP contribution in [-0.4, -0.2) is 19.1 Å². The lowest BCUT2D eigenvalue weighted by Gasteiger charge is -2.16. The van der Waals surface area contributed by atoms with E-state index in [1.165, 1.54) is 27.1 Å². The fraction of sp³-hybridized carbons (Fsp3) is 0. The Morgan fingerprint density at radius 3 is 1.75 bits per heavy atom. The molecule has 14 aromatic rings. The summed E-state index contributed by atoms with van der Waals surface area (Å²) in [5.74, 6) is 0.622. The van der Waals surface area contributed by atoms with Crippen molar-refractivity contribution >= 4 is 109 Å². The fourth-order valence-electron chi connectivity index (χ4n) is 10.2. The van der Waals surface area contributed by atoms with Gasteiger partial charge in [-0.05, 0) is 82.2 Å². The molecule has 0 radical (unpaired) electrons. The second-order valence-corrected chi connectivity index (χ2v) is 16.1. The fourth-order valence-corrected chi connectivity index (χ4v) is 10.2. The summed E-state index contributed by atoms with van der Waals surface area (Å²) in [7, 11) is 0. The van der Waals surface area contributed by atoms with E-state index >= 15 is 0 Å². The van der Waals surface area contributed by atoms with Gasteiger partial charge in [0.1, 0.15) is 11.2 Å². The highest BCUT2D eigenvalue weighted by Gasteiger charge is 2.23. The summed E-state index contributed by atoms with van der Waals surface area (Å²) >= 11 is 0. The molecule has 0 atom stereocenters. The van der Waals surface area contributed by atoms with E-state index < -0.39 is 0 Å². The number of para-hydroxylation sites is 4. The number of furan rings is 1. The molecule has 0 aliphatic carbocycles. The van der Waals surface area contributed by atoms with Gasteiger partial charge in [0.2, 0.25) is 5.95 Å².